The summed E-state index contributed by atoms with van der Waals surface area (Å²) in [4.78, 5) is 11.4. The predicted molar refractivity (Wildman–Crippen MR) is 48.6 cm³/mol. The largest absolute Gasteiger partial charge is 0.382 e. The highest BCUT2D eigenvalue weighted by Crippen LogP contribution is 2.34. The Morgan fingerprint density at radius 3 is 2.71 bits per heavy atom. The zero-order valence-electron chi connectivity index (χ0n) is 8.48. The molecule has 4 heteroatoms. The number of ether oxygens (including phenoxy) is 2. The molecule has 0 radical (unpaired) electrons. The van der Waals surface area contributed by atoms with Gasteiger partial charge in [0.1, 0.15) is 18.3 Å². The van der Waals surface area contributed by atoms with Crippen molar-refractivity contribution >= 4 is 5.78 Å². The predicted octanol–water partition coefficient (Wildman–Crippen LogP) is 0.396. The summed E-state index contributed by atoms with van der Waals surface area (Å²) < 4.78 is 11.0. The SMILES string of the molecule is CC1=C[C@@H]2OC(C)(C)O[C@@H]2[C@H](O)C1=O. The molecular formula is C10H14O4. The Balaban J connectivity index is 2.30. The molecule has 3 atom stereocenters. The van der Waals surface area contributed by atoms with E-state index in [0.717, 1.165) is 0 Å². The summed E-state index contributed by atoms with van der Waals surface area (Å²) in [5, 5.41) is 9.66. The number of aliphatic hydroxyl groups is 1. The van der Waals surface area contributed by atoms with E-state index >= 15 is 0 Å². The number of Topliss-reactive ketones (excluding diaryl/α,β-unsaturated/α-hetero) is 1. The van der Waals surface area contributed by atoms with E-state index in [2.05, 4.69) is 0 Å². The van der Waals surface area contributed by atoms with Gasteiger partial charge in [0.25, 0.3) is 0 Å². The average molecular weight is 198 g/mol. The van der Waals surface area contributed by atoms with Crippen LogP contribution in [0.15, 0.2) is 11.6 Å². The fourth-order valence-electron chi connectivity index (χ4n) is 1.90. The maximum absolute atomic E-state index is 11.4. The van der Waals surface area contributed by atoms with Crippen LogP contribution in [0.1, 0.15) is 20.8 Å². The molecule has 1 fully saturated rings. The molecule has 1 saturated heterocycles. The van der Waals surface area contributed by atoms with Gasteiger partial charge in [0, 0.05) is 0 Å². The Morgan fingerprint density at radius 1 is 1.43 bits per heavy atom. The third kappa shape index (κ3) is 1.39. The van der Waals surface area contributed by atoms with Gasteiger partial charge < -0.3 is 14.6 Å². The van der Waals surface area contributed by atoms with Gasteiger partial charge in [0.15, 0.2) is 11.6 Å². The zero-order chi connectivity index (χ0) is 10.5. The fraction of sp³-hybridized carbons (Fsp3) is 0.700. The first-order chi connectivity index (χ1) is 6.41. The number of carbonyl (C=O) groups is 1. The molecule has 1 aliphatic carbocycles. The fourth-order valence-corrected chi connectivity index (χ4v) is 1.90. The van der Waals surface area contributed by atoms with E-state index in [0.29, 0.717) is 5.57 Å². The molecule has 0 aromatic rings. The smallest absolute Gasteiger partial charge is 0.189 e. The van der Waals surface area contributed by atoms with Crippen LogP contribution < -0.4 is 0 Å². The number of rotatable bonds is 0. The highest BCUT2D eigenvalue weighted by molar-refractivity contribution is 5.99. The van der Waals surface area contributed by atoms with Crippen molar-refractivity contribution in [3.05, 3.63) is 11.6 Å². The summed E-state index contributed by atoms with van der Waals surface area (Å²) in [7, 11) is 0. The number of aliphatic hydroxyl groups excluding tert-OH is 1. The van der Waals surface area contributed by atoms with E-state index in [4.69, 9.17) is 9.47 Å². The minimum absolute atomic E-state index is 0.271. The first kappa shape index (κ1) is 9.83. The lowest BCUT2D eigenvalue weighted by atomic mass is 9.92. The molecule has 0 amide bonds. The molecule has 2 aliphatic rings. The van der Waals surface area contributed by atoms with Gasteiger partial charge in [-0.25, -0.2) is 0 Å². The van der Waals surface area contributed by atoms with E-state index in [1.165, 1.54) is 0 Å². The van der Waals surface area contributed by atoms with E-state index in [-0.39, 0.29) is 11.9 Å². The Labute approximate surface area is 82.5 Å². The maximum atomic E-state index is 11.4. The van der Waals surface area contributed by atoms with Crippen molar-refractivity contribution in [3.63, 3.8) is 0 Å². The molecule has 0 spiro atoms. The van der Waals surface area contributed by atoms with Crippen molar-refractivity contribution in [1.82, 2.24) is 0 Å². The second kappa shape index (κ2) is 2.89. The monoisotopic (exact) mass is 198 g/mol. The normalized spacial score (nSPS) is 40.7. The van der Waals surface area contributed by atoms with Crippen molar-refractivity contribution in [1.29, 1.82) is 0 Å². The van der Waals surface area contributed by atoms with Crippen LogP contribution in [0, 0.1) is 0 Å². The summed E-state index contributed by atoms with van der Waals surface area (Å²) in [6.07, 6.45) is -0.236. The molecule has 0 saturated carbocycles. The quantitative estimate of drug-likeness (QED) is 0.612. The van der Waals surface area contributed by atoms with E-state index in [9.17, 15) is 9.90 Å². The summed E-state index contributed by atoms with van der Waals surface area (Å²) in [6, 6.07) is 0. The number of carbonyl (C=O) groups excluding carboxylic acids is 1. The Hall–Kier alpha value is -0.710. The Bertz CT molecular complexity index is 305. The number of hydrogen-bond acceptors (Lipinski definition) is 4. The second-order valence-corrected chi connectivity index (χ2v) is 4.22. The Kier molecular flexibility index (Phi) is 2.03. The van der Waals surface area contributed by atoms with Crippen molar-refractivity contribution in [2.45, 2.75) is 44.9 Å². The molecule has 1 N–H and O–H groups in total. The van der Waals surface area contributed by atoms with Crippen LogP contribution in [0.5, 0.6) is 0 Å². The van der Waals surface area contributed by atoms with Gasteiger partial charge in [-0.05, 0) is 32.4 Å². The van der Waals surface area contributed by atoms with Gasteiger partial charge in [0.05, 0.1) is 0 Å². The summed E-state index contributed by atoms with van der Waals surface area (Å²) in [5.74, 6) is -0.995. The maximum Gasteiger partial charge on any atom is 0.189 e. The van der Waals surface area contributed by atoms with Crippen molar-refractivity contribution in [3.8, 4) is 0 Å². The van der Waals surface area contributed by atoms with Crippen LogP contribution in [-0.4, -0.2) is 35.0 Å². The molecule has 1 aliphatic heterocycles. The number of fused-ring (bicyclic) bond motifs is 1. The lowest BCUT2D eigenvalue weighted by Gasteiger charge is -2.24. The minimum atomic E-state index is -1.09. The minimum Gasteiger partial charge on any atom is -0.382 e. The number of ketones is 1. The van der Waals surface area contributed by atoms with Gasteiger partial charge in [-0.15, -0.1) is 0 Å². The molecule has 0 aromatic carbocycles. The molecule has 0 aromatic heterocycles. The highest BCUT2D eigenvalue weighted by atomic mass is 16.8. The van der Waals surface area contributed by atoms with Crippen LogP contribution in [-0.2, 0) is 14.3 Å². The van der Waals surface area contributed by atoms with Gasteiger partial charge in [-0.3, -0.25) is 4.79 Å². The van der Waals surface area contributed by atoms with Gasteiger partial charge in [0.2, 0.25) is 0 Å². The molecule has 78 valence electrons. The standard InChI is InChI=1S/C10H14O4/c1-5-4-6-9(8(12)7(5)11)14-10(2,3)13-6/h4,6,8-9,12H,1-3H3/t6-,8+,9-/m0/s1. The first-order valence-electron chi connectivity index (χ1n) is 4.67. The first-order valence-corrected chi connectivity index (χ1v) is 4.67. The average Bonchev–Trinajstić information content (AvgIpc) is 2.37. The van der Waals surface area contributed by atoms with Gasteiger partial charge in [-0.2, -0.15) is 0 Å². The Morgan fingerprint density at radius 2 is 2.07 bits per heavy atom. The van der Waals surface area contributed by atoms with Crippen LogP contribution in [0.25, 0.3) is 0 Å². The van der Waals surface area contributed by atoms with E-state index in [1.54, 1.807) is 26.8 Å². The molecule has 0 unspecified atom stereocenters. The van der Waals surface area contributed by atoms with E-state index < -0.39 is 18.0 Å². The summed E-state index contributed by atoms with van der Waals surface area (Å²) in [5.41, 5.74) is 0.542. The summed E-state index contributed by atoms with van der Waals surface area (Å²) in [6.45, 7) is 5.22. The van der Waals surface area contributed by atoms with Crippen LogP contribution >= 0.6 is 0 Å². The van der Waals surface area contributed by atoms with E-state index in [1.807, 2.05) is 0 Å². The van der Waals surface area contributed by atoms with Crippen molar-refractivity contribution in [2.75, 3.05) is 0 Å². The molecule has 0 bridgehead atoms. The van der Waals surface area contributed by atoms with Crippen molar-refractivity contribution < 1.29 is 19.4 Å². The second-order valence-electron chi connectivity index (χ2n) is 4.22. The molecule has 14 heavy (non-hydrogen) atoms. The molecule has 4 nitrogen and oxygen atoms in total. The van der Waals surface area contributed by atoms with Crippen LogP contribution in [0.2, 0.25) is 0 Å². The van der Waals surface area contributed by atoms with Gasteiger partial charge >= 0.3 is 0 Å². The molecule has 2 rings (SSSR count). The highest BCUT2D eigenvalue weighted by Gasteiger charge is 2.48. The lowest BCUT2D eigenvalue weighted by molar-refractivity contribution is -0.156. The van der Waals surface area contributed by atoms with Crippen LogP contribution in [0.4, 0.5) is 0 Å². The molecule has 1 heterocycles. The summed E-state index contributed by atoms with van der Waals surface area (Å²) >= 11 is 0. The number of hydrogen-bond donors (Lipinski definition) is 1. The third-order valence-corrected chi connectivity index (χ3v) is 2.55. The van der Waals surface area contributed by atoms with Crippen molar-refractivity contribution in [2.24, 2.45) is 0 Å². The van der Waals surface area contributed by atoms with Crippen LogP contribution in [0.3, 0.4) is 0 Å². The zero-order valence-corrected chi connectivity index (χ0v) is 8.48. The topological polar surface area (TPSA) is 55.8 Å². The lowest BCUT2D eigenvalue weighted by Crippen LogP contribution is -2.44. The van der Waals surface area contributed by atoms with Gasteiger partial charge in [-0.1, -0.05) is 0 Å². The molecular weight excluding hydrogens is 184 g/mol. The third-order valence-electron chi connectivity index (χ3n) is 2.55.